The Morgan fingerprint density at radius 1 is 0.900 bits per heavy atom. The van der Waals surface area contributed by atoms with E-state index in [0.717, 1.165) is 49.5 Å². The molecule has 0 bridgehead atoms. The number of hydrogen-bond donors (Lipinski definition) is 1. The molecule has 5 nitrogen and oxygen atoms in total. The number of nitrogens with zero attached hydrogens (tertiary/aromatic N) is 4. The Labute approximate surface area is 175 Å². The topological polar surface area (TPSA) is 44.5 Å². The SMILES string of the molecule is OCCC1CN(Cc2cnn(-c3ccc(F)cc3)c2)CCN1Cc1ccc(F)cc1. The number of aliphatic hydroxyl groups is 1. The molecule has 1 aliphatic rings. The Hall–Kier alpha value is -2.61. The van der Waals surface area contributed by atoms with E-state index >= 15 is 0 Å². The first kappa shape index (κ1) is 20.7. The fourth-order valence-corrected chi connectivity index (χ4v) is 3.99. The van der Waals surface area contributed by atoms with Gasteiger partial charge < -0.3 is 5.11 Å². The Morgan fingerprint density at radius 2 is 1.60 bits per heavy atom. The summed E-state index contributed by atoms with van der Waals surface area (Å²) in [4.78, 5) is 4.73. The van der Waals surface area contributed by atoms with Gasteiger partial charge in [0.05, 0.1) is 11.9 Å². The molecule has 1 aromatic heterocycles. The van der Waals surface area contributed by atoms with Crippen LogP contribution in [0.1, 0.15) is 17.5 Å². The largest absolute Gasteiger partial charge is 0.396 e. The second kappa shape index (κ2) is 9.47. The van der Waals surface area contributed by atoms with Gasteiger partial charge in [-0.05, 0) is 48.4 Å². The van der Waals surface area contributed by atoms with E-state index in [9.17, 15) is 13.9 Å². The molecule has 0 aliphatic carbocycles. The van der Waals surface area contributed by atoms with Gasteiger partial charge in [-0.1, -0.05) is 12.1 Å². The number of aromatic nitrogens is 2. The number of piperazine rings is 1. The molecule has 1 fully saturated rings. The summed E-state index contributed by atoms with van der Waals surface area (Å²) >= 11 is 0. The molecular weight excluding hydrogens is 386 g/mol. The fraction of sp³-hybridized carbons (Fsp3) is 0.348. The summed E-state index contributed by atoms with van der Waals surface area (Å²) in [5.41, 5.74) is 2.99. The van der Waals surface area contributed by atoms with Crippen LogP contribution in [0.15, 0.2) is 60.9 Å². The van der Waals surface area contributed by atoms with Crippen molar-refractivity contribution in [3.63, 3.8) is 0 Å². The maximum absolute atomic E-state index is 13.2. The molecule has 0 amide bonds. The highest BCUT2D eigenvalue weighted by Gasteiger charge is 2.27. The molecule has 2 heterocycles. The first-order valence-corrected chi connectivity index (χ1v) is 10.2. The minimum Gasteiger partial charge on any atom is -0.396 e. The van der Waals surface area contributed by atoms with E-state index in [0.29, 0.717) is 6.42 Å². The maximum atomic E-state index is 13.2. The minimum absolute atomic E-state index is 0.140. The van der Waals surface area contributed by atoms with Crippen molar-refractivity contribution in [2.24, 2.45) is 0 Å². The first-order chi connectivity index (χ1) is 14.6. The molecular formula is C23H26F2N4O. The smallest absolute Gasteiger partial charge is 0.123 e. The summed E-state index contributed by atoms with van der Waals surface area (Å²) in [5, 5.41) is 13.9. The lowest BCUT2D eigenvalue weighted by atomic mass is 10.1. The molecule has 158 valence electrons. The third kappa shape index (κ3) is 5.11. The molecule has 2 aromatic carbocycles. The molecule has 1 aliphatic heterocycles. The predicted molar refractivity (Wildman–Crippen MR) is 111 cm³/mol. The maximum Gasteiger partial charge on any atom is 0.123 e. The van der Waals surface area contributed by atoms with Crippen molar-refractivity contribution >= 4 is 0 Å². The van der Waals surface area contributed by atoms with E-state index in [1.807, 2.05) is 24.5 Å². The highest BCUT2D eigenvalue weighted by atomic mass is 19.1. The van der Waals surface area contributed by atoms with E-state index in [-0.39, 0.29) is 24.3 Å². The average molecular weight is 412 g/mol. The summed E-state index contributed by atoms with van der Waals surface area (Å²) in [7, 11) is 0. The Morgan fingerprint density at radius 3 is 2.30 bits per heavy atom. The van der Waals surface area contributed by atoms with Gasteiger partial charge >= 0.3 is 0 Å². The van der Waals surface area contributed by atoms with Crippen molar-refractivity contribution in [2.45, 2.75) is 25.6 Å². The van der Waals surface area contributed by atoms with Crippen LogP contribution in [0, 0.1) is 11.6 Å². The molecule has 1 N–H and O–H groups in total. The van der Waals surface area contributed by atoms with Crippen molar-refractivity contribution in [1.82, 2.24) is 19.6 Å². The lowest BCUT2D eigenvalue weighted by Gasteiger charge is -2.41. The van der Waals surface area contributed by atoms with Crippen LogP contribution in [0.5, 0.6) is 0 Å². The average Bonchev–Trinajstić information content (AvgIpc) is 3.21. The van der Waals surface area contributed by atoms with Gasteiger partial charge in [0.15, 0.2) is 0 Å². The normalized spacial score (nSPS) is 18.0. The van der Waals surface area contributed by atoms with Crippen LogP contribution in [0.2, 0.25) is 0 Å². The van der Waals surface area contributed by atoms with Gasteiger partial charge in [0, 0.05) is 57.1 Å². The number of halogens is 2. The molecule has 4 rings (SSSR count). The van der Waals surface area contributed by atoms with Gasteiger partial charge in [-0.2, -0.15) is 5.10 Å². The molecule has 0 spiro atoms. The monoisotopic (exact) mass is 412 g/mol. The first-order valence-electron chi connectivity index (χ1n) is 10.2. The number of hydrogen-bond acceptors (Lipinski definition) is 4. The predicted octanol–water partition coefficient (Wildman–Crippen LogP) is 3.22. The van der Waals surface area contributed by atoms with Crippen molar-refractivity contribution in [3.05, 3.63) is 83.7 Å². The lowest BCUT2D eigenvalue weighted by Crippen LogP contribution is -2.52. The summed E-state index contributed by atoms with van der Waals surface area (Å²) in [6, 6.07) is 13.1. The van der Waals surface area contributed by atoms with E-state index in [1.54, 1.807) is 16.8 Å². The highest BCUT2D eigenvalue weighted by Crippen LogP contribution is 2.19. The zero-order chi connectivity index (χ0) is 20.9. The van der Waals surface area contributed by atoms with Crippen molar-refractivity contribution in [2.75, 3.05) is 26.2 Å². The van der Waals surface area contributed by atoms with Crippen LogP contribution in [0.3, 0.4) is 0 Å². The van der Waals surface area contributed by atoms with E-state index in [2.05, 4.69) is 14.9 Å². The second-order valence-electron chi connectivity index (χ2n) is 7.77. The Bertz CT molecular complexity index is 943. The third-order valence-electron chi connectivity index (χ3n) is 5.58. The second-order valence-corrected chi connectivity index (χ2v) is 7.77. The van der Waals surface area contributed by atoms with Gasteiger partial charge in [0.25, 0.3) is 0 Å². The van der Waals surface area contributed by atoms with Crippen molar-refractivity contribution < 1.29 is 13.9 Å². The Kier molecular flexibility index (Phi) is 6.52. The summed E-state index contributed by atoms with van der Waals surface area (Å²) in [6.07, 6.45) is 4.51. The van der Waals surface area contributed by atoms with Crippen LogP contribution in [0.4, 0.5) is 8.78 Å². The molecule has 0 radical (unpaired) electrons. The number of rotatable bonds is 7. The van der Waals surface area contributed by atoms with Crippen LogP contribution < -0.4 is 0 Å². The molecule has 1 unspecified atom stereocenters. The van der Waals surface area contributed by atoms with Crippen molar-refractivity contribution in [3.8, 4) is 5.69 Å². The Balaban J connectivity index is 1.38. The van der Waals surface area contributed by atoms with Crippen LogP contribution in [-0.4, -0.2) is 57.0 Å². The minimum atomic E-state index is -0.264. The van der Waals surface area contributed by atoms with Crippen LogP contribution >= 0.6 is 0 Å². The standard InChI is InChI=1S/C23H26F2N4O/c24-20-3-1-18(2-4-20)15-28-11-10-27(17-23(28)9-12-30)14-19-13-26-29(16-19)22-7-5-21(25)6-8-22/h1-8,13,16,23,30H,9-12,14-15,17H2. The quantitative estimate of drug-likeness (QED) is 0.647. The van der Waals surface area contributed by atoms with E-state index < -0.39 is 0 Å². The molecule has 7 heteroatoms. The summed E-state index contributed by atoms with van der Waals surface area (Å²) in [5.74, 6) is -0.490. The van der Waals surface area contributed by atoms with Gasteiger partial charge in [0.1, 0.15) is 11.6 Å². The lowest BCUT2D eigenvalue weighted by molar-refractivity contribution is 0.0499. The summed E-state index contributed by atoms with van der Waals surface area (Å²) < 4.78 is 28.1. The van der Waals surface area contributed by atoms with Gasteiger partial charge in [-0.3, -0.25) is 9.80 Å². The van der Waals surface area contributed by atoms with Crippen molar-refractivity contribution in [1.29, 1.82) is 0 Å². The highest BCUT2D eigenvalue weighted by molar-refractivity contribution is 5.31. The van der Waals surface area contributed by atoms with E-state index in [4.69, 9.17) is 0 Å². The van der Waals surface area contributed by atoms with Gasteiger partial charge in [-0.15, -0.1) is 0 Å². The zero-order valence-corrected chi connectivity index (χ0v) is 16.8. The summed E-state index contributed by atoms with van der Waals surface area (Å²) in [6.45, 7) is 4.30. The third-order valence-corrected chi connectivity index (χ3v) is 5.58. The van der Waals surface area contributed by atoms with E-state index in [1.165, 1.54) is 24.3 Å². The molecule has 0 saturated carbocycles. The van der Waals surface area contributed by atoms with Crippen LogP contribution in [0.25, 0.3) is 5.69 Å². The fourth-order valence-electron chi connectivity index (χ4n) is 3.99. The molecule has 1 atom stereocenters. The molecule has 30 heavy (non-hydrogen) atoms. The number of benzene rings is 2. The van der Waals surface area contributed by atoms with Gasteiger partial charge in [-0.25, -0.2) is 13.5 Å². The molecule has 1 saturated heterocycles. The van der Waals surface area contributed by atoms with Gasteiger partial charge in [0.2, 0.25) is 0 Å². The number of aliphatic hydroxyl groups excluding tert-OH is 1. The zero-order valence-electron chi connectivity index (χ0n) is 16.8. The molecule has 3 aromatic rings. The van der Waals surface area contributed by atoms with Crippen LogP contribution in [-0.2, 0) is 13.1 Å².